The maximum atomic E-state index is 6.31. The number of hydrogen-bond acceptors (Lipinski definition) is 3. The lowest BCUT2D eigenvalue weighted by Crippen LogP contribution is -2.00. The van der Waals surface area contributed by atoms with Crippen LogP contribution in [0.5, 0.6) is 0 Å². The molecule has 0 bridgehead atoms. The Bertz CT molecular complexity index is 847. The molecule has 0 unspecified atom stereocenters. The van der Waals surface area contributed by atoms with Crippen molar-refractivity contribution in [2.45, 2.75) is 24.4 Å². The van der Waals surface area contributed by atoms with Gasteiger partial charge in [-0.15, -0.1) is 10.2 Å². The van der Waals surface area contributed by atoms with E-state index >= 15 is 0 Å². The Balaban J connectivity index is 1.85. The lowest BCUT2D eigenvalue weighted by Gasteiger charge is -2.09. The highest BCUT2D eigenvalue weighted by Crippen LogP contribution is 2.32. The van der Waals surface area contributed by atoms with Gasteiger partial charge in [0.15, 0.2) is 11.0 Å². The van der Waals surface area contributed by atoms with Crippen molar-refractivity contribution >= 4 is 46.6 Å². The quantitative estimate of drug-likeness (QED) is 0.478. The summed E-state index contributed by atoms with van der Waals surface area (Å²) in [6, 6.07) is 13.2. The normalized spacial score (nSPS) is 11.0. The molecule has 0 amide bonds. The second-order valence-electron chi connectivity index (χ2n) is 5.09. The highest BCUT2D eigenvalue weighted by molar-refractivity contribution is 7.98. The van der Waals surface area contributed by atoms with Crippen LogP contribution in [-0.2, 0) is 12.3 Å². The zero-order valence-corrected chi connectivity index (χ0v) is 15.9. The molecule has 0 saturated carbocycles. The SMILES string of the molecule is CCn1c(SCc2ccc(Cl)cc2)nnc1-c1ccc(Cl)cc1Cl. The first-order valence-electron chi connectivity index (χ1n) is 7.34. The van der Waals surface area contributed by atoms with Gasteiger partial charge in [0.1, 0.15) is 0 Å². The maximum Gasteiger partial charge on any atom is 0.191 e. The fraction of sp³-hybridized carbons (Fsp3) is 0.176. The first-order valence-corrected chi connectivity index (χ1v) is 9.46. The molecule has 0 saturated heterocycles. The van der Waals surface area contributed by atoms with Gasteiger partial charge in [-0.25, -0.2) is 0 Å². The van der Waals surface area contributed by atoms with Crippen molar-refractivity contribution in [1.82, 2.24) is 14.8 Å². The van der Waals surface area contributed by atoms with Crippen molar-refractivity contribution in [2.24, 2.45) is 0 Å². The van der Waals surface area contributed by atoms with Crippen LogP contribution in [-0.4, -0.2) is 14.8 Å². The van der Waals surface area contributed by atoms with Crippen LogP contribution in [0.1, 0.15) is 12.5 Å². The molecule has 24 heavy (non-hydrogen) atoms. The van der Waals surface area contributed by atoms with Gasteiger partial charge in [-0.05, 0) is 42.8 Å². The molecule has 0 aliphatic heterocycles. The molecule has 0 spiro atoms. The van der Waals surface area contributed by atoms with Gasteiger partial charge in [0.25, 0.3) is 0 Å². The van der Waals surface area contributed by atoms with E-state index in [0.717, 1.165) is 33.9 Å². The Morgan fingerprint density at radius 3 is 2.33 bits per heavy atom. The van der Waals surface area contributed by atoms with Gasteiger partial charge in [0.05, 0.1) is 5.02 Å². The monoisotopic (exact) mass is 397 g/mol. The summed E-state index contributed by atoms with van der Waals surface area (Å²) in [6.45, 7) is 2.81. The van der Waals surface area contributed by atoms with Gasteiger partial charge in [-0.2, -0.15) is 0 Å². The minimum Gasteiger partial charge on any atom is -0.302 e. The summed E-state index contributed by atoms with van der Waals surface area (Å²) in [5.74, 6) is 1.54. The smallest absolute Gasteiger partial charge is 0.191 e. The highest BCUT2D eigenvalue weighted by atomic mass is 35.5. The minimum atomic E-state index is 0.568. The first-order chi connectivity index (χ1) is 11.6. The van der Waals surface area contributed by atoms with Crippen LogP contribution < -0.4 is 0 Å². The predicted octanol–water partition coefficient (Wildman–Crippen LogP) is 6.22. The zero-order valence-electron chi connectivity index (χ0n) is 12.8. The minimum absolute atomic E-state index is 0.568. The van der Waals surface area contributed by atoms with Gasteiger partial charge in [-0.1, -0.05) is 58.7 Å². The number of thioether (sulfide) groups is 1. The van der Waals surface area contributed by atoms with Crippen LogP contribution in [0, 0.1) is 0 Å². The number of nitrogens with zero attached hydrogens (tertiary/aromatic N) is 3. The van der Waals surface area contributed by atoms with Crippen molar-refractivity contribution in [1.29, 1.82) is 0 Å². The molecule has 7 heteroatoms. The molecule has 0 aliphatic rings. The van der Waals surface area contributed by atoms with Gasteiger partial charge >= 0.3 is 0 Å². The fourth-order valence-corrected chi connectivity index (χ4v) is 3.86. The third kappa shape index (κ3) is 3.89. The van der Waals surface area contributed by atoms with Crippen LogP contribution in [0.25, 0.3) is 11.4 Å². The summed E-state index contributed by atoms with van der Waals surface area (Å²) >= 11 is 19.8. The van der Waals surface area contributed by atoms with Crippen molar-refractivity contribution in [3.05, 3.63) is 63.1 Å². The van der Waals surface area contributed by atoms with Gasteiger partial charge in [-0.3, -0.25) is 0 Å². The summed E-state index contributed by atoms with van der Waals surface area (Å²) < 4.78 is 2.05. The summed E-state index contributed by atoms with van der Waals surface area (Å²) in [7, 11) is 0. The molecular formula is C17H14Cl3N3S. The van der Waals surface area contributed by atoms with Crippen LogP contribution in [0.2, 0.25) is 15.1 Å². The molecule has 1 heterocycles. The van der Waals surface area contributed by atoms with E-state index in [1.807, 2.05) is 30.3 Å². The molecule has 3 aromatic rings. The lowest BCUT2D eigenvalue weighted by molar-refractivity contribution is 0.687. The predicted molar refractivity (Wildman–Crippen MR) is 102 cm³/mol. The summed E-state index contributed by atoms with van der Waals surface area (Å²) in [6.07, 6.45) is 0. The van der Waals surface area contributed by atoms with Crippen molar-refractivity contribution < 1.29 is 0 Å². The van der Waals surface area contributed by atoms with Gasteiger partial charge < -0.3 is 4.57 Å². The zero-order chi connectivity index (χ0) is 17.1. The molecule has 2 aromatic carbocycles. The van der Waals surface area contributed by atoms with E-state index in [9.17, 15) is 0 Å². The van der Waals surface area contributed by atoms with E-state index in [2.05, 4.69) is 21.7 Å². The highest BCUT2D eigenvalue weighted by Gasteiger charge is 2.15. The first kappa shape index (κ1) is 17.6. The number of halogens is 3. The average Bonchev–Trinajstić information content (AvgIpc) is 2.97. The number of aromatic nitrogens is 3. The third-order valence-electron chi connectivity index (χ3n) is 3.49. The third-order valence-corrected chi connectivity index (χ3v) is 5.32. The lowest BCUT2D eigenvalue weighted by atomic mass is 10.2. The molecule has 124 valence electrons. The molecular weight excluding hydrogens is 385 g/mol. The Labute approximate surface area is 160 Å². The van der Waals surface area contributed by atoms with E-state index in [-0.39, 0.29) is 0 Å². The van der Waals surface area contributed by atoms with Crippen molar-refractivity contribution in [3.8, 4) is 11.4 Å². The Hall–Kier alpha value is -1.20. The summed E-state index contributed by atoms with van der Waals surface area (Å²) in [5.41, 5.74) is 2.01. The van der Waals surface area contributed by atoms with Crippen LogP contribution >= 0.6 is 46.6 Å². The molecule has 0 fully saturated rings. The van der Waals surface area contributed by atoms with Gasteiger partial charge in [0.2, 0.25) is 0 Å². The fourth-order valence-electron chi connectivity index (χ4n) is 2.28. The Kier molecular flexibility index (Phi) is 5.72. The van der Waals surface area contributed by atoms with E-state index in [0.29, 0.717) is 10.0 Å². The molecule has 3 nitrogen and oxygen atoms in total. The average molecular weight is 399 g/mol. The molecule has 0 aliphatic carbocycles. The van der Waals surface area contributed by atoms with Crippen molar-refractivity contribution in [2.75, 3.05) is 0 Å². The second kappa shape index (κ2) is 7.79. The topological polar surface area (TPSA) is 30.7 Å². The number of hydrogen-bond donors (Lipinski definition) is 0. The maximum absolute atomic E-state index is 6.31. The van der Waals surface area contributed by atoms with Crippen LogP contribution in [0.4, 0.5) is 0 Å². The van der Waals surface area contributed by atoms with Crippen LogP contribution in [0.3, 0.4) is 0 Å². The van der Waals surface area contributed by atoms with E-state index in [1.54, 1.807) is 23.9 Å². The van der Waals surface area contributed by atoms with Crippen LogP contribution in [0.15, 0.2) is 47.6 Å². The van der Waals surface area contributed by atoms with E-state index in [4.69, 9.17) is 34.8 Å². The van der Waals surface area contributed by atoms with E-state index in [1.165, 1.54) is 5.56 Å². The van der Waals surface area contributed by atoms with Gasteiger partial charge in [0, 0.05) is 27.9 Å². The largest absolute Gasteiger partial charge is 0.302 e. The van der Waals surface area contributed by atoms with Crippen molar-refractivity contribution in [3.63, 3.8) is 0 Å². The standard InChI is InChI=1S/C17H14Cl3N3S/c1-2-23-16(14-8-7-13(19)9-15(14)20)21-22-17(23)24-10-11-3-5-12(18)6-4-11/h3-9H,2,10H2,1H3. The second-order valence-corrected chi connectivity index (χ2v) is 7.31. The Morgan fingerprint density at radius 1 is 0.958 bits per heavy atom. The summed E-state index contributed by atoms with van der Waals surface area (Å²) in [5, 5.41) is 11.4. The molecule has 0 radical (unpaired) electrons. The molecule has 0 atom stereocenters. The number of benzene rings is 2. The molecule has 1 aromatic heterocycles. The molecule has 0 N–H and O–H groups in total. The van der Waals surface area contributed by atoms with E-state index < -0.39 is 0 Å². The molecule has 3 rings (SSSR count). The Morgan fingerprint density at radius 2 is 1.67 bits per heavy atom. The number of rotatable bonds is 5. The summed E-state index contributed by atoms with van der Waals surface area (Å²) in [4.78, 5) is 0.